The second-order valence-electron chi connectivity index (χ2n) is 7.63. The van der Waals surface area contributed by atoms with E-state index in [1.54, 1.807) is 30.3 Å². The number of aromatic nitrogens is 2. The van der Waals surface area contributed by atoms with Crippen LogP contribution in [0.2, 0.25) is 5.02 Å². The smallest absolute Gasteiger partial charge is 0.258 e. The fraction of sp³-hybridized carbons (Fsp3) is 0.0833. The summed E-state index contributed by atoms with van der Waals surface area (Å²) in [5.41, 5.74) is 0.870. The molecule has 0 fully saturated rings. The monoisotopic (exact) mass is 459 g/mol. The number of H-pyrrole nitrogens is 1. The van der Waals surface area contributed by atoms with Crippen LogP contribution in [0.4, 0.5) is 23.1 Å². The largest absolute Gasteiger partial charge is 0.326 e. The number of hydrogen-bond donors (Lipinski definition) is 4. The SMILES string of the molecule is O=C1CC(C(=O)Nc2cccc3ccccc23)c2c(nc(Nc3ccc(Cl)cc3)[nH]c2=O)N1. The quantitative estimate of drug-likeness (QED) is 0.361. The Morgan fingerprint density at radius 1 is 1.00 bits per heavy atom. The lowest BCUT2D eigenvalue weighted by molar-refractivity contribution is -0.123. The number of amides is 2. The Labute approximate surface area is 193 Å². The topological polar surface area (TPSA) is 116 Å². The zero-order valence-corrected chi connectivity index (χ0v) is 17.9. The van der Waals surface area contributed by atoms with Gasteiger partial charge in [-0.15, -0.1) is 0 Å². The first kappa shape index (κ1) is 20.7. The molecule has 0 saturated heterocycles. The van der Waals surface area contributed by atoms with Crippen molar-refractivity contribution in [2.24, 2.45) is 0 Å². The van der Waals surface area contributed by atoms with E-state index in [2.05, 4.69) is 25.9 Å². The van der Waals surface area contributed by atoms with Crippen LogP contribution in [0.15, 0.2) is 71.5 Å². The molecule has 0 bridgehead atoms. The van der Waals surface area contributed by atoms with E-state index in [0.29, 0.717) is 16.4 Å². The Balaban J connectivity index is 1.46. The summed E-state index contributed by atoms with van der Waals surface area (Å²) in [5.74, 6) is -1.63. The molecule has 0 saturated carbocycles. The third-order valence-corrected chi connectivity index (χ3v) is 5.67. The minimum Gasteiger partial charge on any atom is -0.326 e. The van der Waals surface area contributed by atoms with Gasteiger partial charge in [0.2, 0.25) is 17.8 Å². The average Bonchev–Trinajstić information content (AvgIpc) is 2.80. The van der Waals surface area contributed by atoms with Crippen LogP contribution in [0.5, 0.6) is 0 Å². The zero-order valence-electron chi connectivity index (χ0n) is 17.2. The number of fused-ring (bicyclic) bond motifs is 2. The maximum Gasteiger partial charge on any atom is 0.258 e. The predicted octanol–water partition coefficient (Wildman–Crippen LogP) is 4.38. The Morgan fingerprint density at radius 2 is 1.76 bits per heavy atom. The summed E-state index contributed by atoms with van der Waals surface area (Å²) >= 11 is 5.90. The van der Waals surface area contributed by atoms with Gasteiger partial charge in [0.1, 0.15) is 5.82 Å². The van der Waals surface area contributed by atoms with E-state index in [4.69, 9.17) is 11.6 Å². The van der Waals surface area contributed by atoms with Crippen LogP contribution in [-0.2, 0) is 9.59 Å². The Bertz CT molecular complexity index is 1440. The van der Waals surface area contributed by atoms with Crippen molar-refractivity contribution in [3.63, 3.8) is 0 Å². The number of rotatable bonds is 4. The van der Waals surface area contributed by atoms with Gasteiger partial charge in [0.15, 0.2) is 0 Å². The molecule has 1 unspecified atom stereocenters. The van der Waals surface area contributed by atoms with E-state index in [1.807, 2.05) is 36.4 Å². The van der Waals surface area contributed by atoms with E-state index < -0.39 is 23.3 Å². The van der Waals surface area contributed by atoms with Crippen molar-refractivity contribution in [3.8, 4) is 0 Å². The van der Waals surface area contributed by atoms with Crippen LogP contribution >= 0.6 is 11.6 Å². The molecule has 33 heavy (non-hydrogen) atoms. The van der Waals surface area contributed by atoms with Crippen molar-refractivity contribution >= 4 is 57.3 Å². The first-order chi connectivity index (χ1) is 16.0. The average molecular weight is 460 g/mol. The number of benzene rings is 3. The van der Waals surface area contributed by atoms with Gasteiger partial charge >= 0.3 is 0 Å². The van der Waals surface area contributed by atoms with Crippen LogP contribution in [-0.4, -0.2) is 21.8 Å². The fourth-order valence-electron chi connectivity index (χ4n) is 3.88. The molecule has 164 valence electrons. The van der Waals surface area contributed by atoms with Gasteiger partial charge in [0, 0.05) is 28.2 Å². The van der Waals surface area contributed by atoms with Gasteiger partial charge < -0.3 is 16.0 Å². The molecule has 0 aliphatic carbocycles. The zero-order chi connectivity index (χ0) is 22.9. The third-order valence-electron chi connectivity index (χ3n) is 5.42. The number of anilines is 4. The molecule has 5 rings (SSSR count). The second kappa shape index (κ2) is 8.40. The number of carbonyl (C=O) groups excluding carboxylic acids is 2. The molecule has 1 aromatic heterocycles. The predicted molar refractivity (Wildman–Crippen MR) is 128 cm³/mol. The number of aromatic amines is 1. The van der Waals surface area contributed by atoms with Gasteiger partial charge in [-0.3, -0.25) is 19.4 Å². The van der Waals surface area contributed by atoms with E-state index in [-0.39, 0.29) is 23.8 Å². The molecule has 4 aromatic rings. The van der Waals surface area contributed by atoms with Crippen LogP contribution in [0.1, 0.15) is 17.9 Å². The van der Waals surface area contributed by atoms with Gasteiger partial charge in [-0.2, -0.15) is 4.98 Å². The molecule has 3 aromatic carbocycles. The molecule has 8 nitrogen and oxygen atoms in total. The molecule has 0 spiro atoms. The standard InChI is InChI=1S/C24H18ClN5O3/c25-14-8-10-15(11-9-14)26-24-29-21-20(23(33)30-24)17(12-19(31)28-21)22(32)27-18-7-3-5-13-4-1-2-6-16(13)18/h1-11,17H,12H2,(H,27,32)(H3,26,28,29,30,31,33). The highest BCUT2D eigenvalue weighted by atomic mass is 35.5. The first-order valence-corrected chi connectivity index (χ1v) is 10.6. The Kier molecular flexibility index (Phi) is 5.27. The fourth-order valence-corrected chi connectivity index (χ4v) is 4.00. The second-order valence-corrected chi connectivity index (χ2v) is 8.07. The van der Waals surface area contributed by atoms with Crippen LogP contribution < -0.4 is 21.5 Å². The molecule has 1 aliphatic heterocycles. The van der Waals surface area contributed by atoms with Gasteiger partial charge in [0.05, 0.1) is 11.5 Å². The molecule has 2 heterocycles. The van der Waals surface area contributed by atoms with Gasteiger partial charge in [-0.1, -0.05) is 48.0 Å². The summed E-state index contributed by atoms with van der Waals surface area (Å²) in [6.45, 7) is 0. The summed E-state index contributed by atoms with van der Waals surface area (Å²) < 4.78 is 0. The highest BCUT2D eigenvalue weighted by Gasteiger charge is 2.35. The van der Waals surface area contributed by atoms with Crippen molar-refractivity contribution in [2.45, 2.75) is 12.3 Å². The lowest BCUT2D eigenvalue weighted by Crippen LogP contribution is -2.36. The van der Waals surface area contributed by atoms with Gasteiger partial charge in [-0.05, 0) is 35.7 Å². The van der Waals surface area contributed by atoms with E-state index in [9.17, 15) is 14.4 Å². The van der Waals surface area contributed by atoms with Crippen LogP contribution in [0, 0.1) is 0 Å². The molecule has 1 aliphatic rings. The summed E-state index contributed by atoms with van der Waals surface area (Å²) in [7, 11) is 0. The van der Waals surface area contributed by atoms with E-state index in [1.165, 1.54) is 0 Å². The molecular formula is C24H18ClN5O3. The van der Waals surface area contributed by atoms with Crippen LogP contribution in [0.25, 0.3) is 10.8 Å². The number of nitrogens with zero attached hydrogens (tertiary/aromatic N) is 1. The summed E-state index contributed by atoms with van der Waals surface area (Å²) in [4.78, 5) is 45.4. The van der Waals surface area contributed by atoms with Gasteiger partial charge in [0.25, 0.3) is 5.56 Å². The lowest BCUT2D eigenvalue weighted by Gasteiger charge is -2.24. The molecule has 1 atom stereocenters. The highest BCUT2D eigenvalue weighted by Crippen LogP contribution is 2.31. The normalized spacial score (nSPS) is 14.9. The molecular weight excluding hydrogens is 442 g/mol. The first-order valence-electron chi connectivity index (χ1n) is 10.2. The maximum absolute atomic E-state index is 13.2. The van der Waals surface area contributed by atoms with Crippen molar-refractivity contribution in [2.75, 3.05) is 16.0 Å². The van der Waals surface area contributed by atoms with Crippen LogP contribution in [0.3, 0.4) is 0 Å². The third kappa shape index (κ3) is 4.16. The molecule has 2 amide bonds. The number of nitrogens with one attached hydrogen (secondary N) is 4. The molecule has 9 heteroatoms. The highest BCUT2D eigenvalue weighted by molar-refractivity contribution is 6.30. The molecule has 4 N–H and O–H groups in total. The Hall–Kier alpha value is -4.17. The number of halogens is 1. The minimum absolute atomic E-state index is 0.0598. The number of hydrogen-bond acceptors (Lipinski definition) is 5. The van der Waals surface area contributed by atoms with E-state index >= 15 is 0 Å². The lowest BCUT2D eigenvalue weighted by atomic mass is 9.92. The number of carbonyl (C=O) groups is 2. The Morgan fingerprint density at radius 3 is 2.58 bits per heavy atom. The van der Waals surface area contributed by atoms with Crippen molar-refractivity contribution in [3.05, 3.63) is 87.7 Å². The van der Waals surface area contributed by atoms with E-state index in [0.717, 1.165) is 10.8 Å². The molecule has 0 radical (unpaired) electrons. The van der Waals surface area contributed by atoms with Gasteiger partial charge in [-0.25, -0.2) is 0 Å². The summed E-state index contributed by atoms with van der Waals surface area (Å²) in [5, 5.41) is 10.8. The maximum atomic E-state index is 13.2. The van der Waals surface area contributed by atoms with Crippen molar-refractivity contribution < 1.29 is 9.59 Å². The van der Waals surface area contributed by atoms with Crippen molar-refractivity contribution in [1.82, 2.24) is 9.97 Å². The summed E-state index contributed by atoms with van der Waals surface area (Å²) in [6, 6.07) is 20.0. The summed E-state index contributed by atoms with van der Waals surface area (Å²) in [6.07, 6.45) is -0.154. The minimum atomic E-state index is -0.978. The van der Waals surface area contributed by atoms with Crippen molar-refractivity contribution in [1.29, 1.82) is 0 Å².